The molecule has 2 rings (SSSR count). The van der Waals surface area contributed by atoms with Crippen LogP contribution in [0.2, 0.25) is 5.02 Å². The second-order valence-electron chi connectivity index (χ2n) is 4.53. The lowest BCUT2D eigenvalue weighted by molar-refractivity contribution is 0.415. The summed E-state index contributed by atoms with van der Waals surface area (Å²) < 4.78 is 5.21. The number of hydrogen-bond donors (Lipinski definition) is 1. The summed E-state index contributed by atoms with van der Waals surface area (Å²) in [4.78, 5) is 8.57. The highest BCUT2D eigenvalue weighted by molar-refractivity contribution is 6.32. The van der Waals surface area contributed by atoms with Gasteiger partial charge in [-0.15, -0.1) is 0 Å². The molecule has 2 aromatic rings. The van der Waals surface area contributed by atoms with Crippen LogP contribution in [-0.2, 0) is 0 Å². The fourth-order valence-corrected chi connectivity index (χ4v) is 1.99. The van der Waals surface area contributed by atoms with E-state index in [0.29, 0.717) is 16.7 Å². The molecule has 1 heterocycles. The lowest BCUT2D eigenvalue weighted by Gasteiger charge is -2.08. The number of halogens is 1. The van der Waals surface area contributed by atoms with Gasteiger partial charge in [0.25, 0.3) is 0 Å². The standard InChI is InChI=1S/C16H16ClN5O/c1-11(6-7-21-18-2)22-16-19-9-13(10-20-16)12-4-5-14(17)15(8-12)23-3/h4-10H,2H2,1,3H3,(H,19,20,22)/b11-6+,21-7-. The average Bonchev–Trinajstić information content (AvgIpc) is 2.56. The van der Waals surface area contributed by atoms with Crippen LogP contribution in [0.5, 0.6) is 5.75 Å². The van der Waals surface area contributed by atoms with E-state index in [-0.39, 0.29) is 0 Å². The maximum Gasteiger partial charge on any atom is 0.226 e. The van der Waals surface area contributed by atoms with Crippen molar-refractivity contribution in [3.8, 4) is 16.9 Å². The molecule has 0 bridgehead atoms. The molecule has 0 saturated heterocycles. The second kappa shape index (κ2) is 8.05. The van der Waals surface area contributed by atoms with Crippen LogP contribution in [0.1, 0.15) is 6.92 Å². The highest BCUT2D eigenvalue weighted by Gasteiger charge is 2.05. The molecule has 0 saturated carbocycles. The fourth-order valence-electron chi connectivity index (χ4n) is 1.79. The van der Waals surface area contributed by atoms with Crippen LogP contribution in [0.3, 0.4) is 0 Å². The van der Waals surface area contributed by atoms with Crippen LogP contribution in [-0.4, -0.2) is 30.0 Å². The van der Waals surface area contributed by atoms with E-state index in [1.54, 1.807) is 31.6 Å². The molecule has 7 heteroatoms. The number of anilines is 1. The van der Waals surface area contributed by atoms with Crippen molar-refractivity contribution in [3.05, 3.63) is 47.4 Å². The Morgan fingerprint density at radius 3 is 2.70 bits per heavy atom. The number of rotatable bonds is 6. The molecule has 6 nitrogen and oxygen atoms in total. The minimum absolute atomic E-state index is 0.489. The molecule has 118 valence electrons. The van der Waals surface area contributed by atoms with Crippen LogP contribution in [0.15, 0.2) is 52.6 Å². The summed E-state index contributed by atoms with van der Waals surface area (Å²) in [5.41, 5.74) is 2.62. The molecule has 0 fully saturated rings. The summed E-state index contributed by atoms with van der Waals surface area (Å²) in [7, 11) is 1.58. The number of benzene rings is 1. The zero-order valence-corrected chi connectivity index (χ0v) is 13.6. The topological polar surface area (TPSA) is 71.8 Å². The molecule has 23 heavy (non-hydrogen) atoms. The number of ether oxygens (including phenoxy) is 1. The summed E-state index contributed by atoms with van der Waals surface area (Å²) in [6, 6.07) is 5.51. The number of hydrogen-bond acceptors (Lipinski definition) is 6. The molecule has 0 spiro atoms. The molecule has 0 aliphatic heterocycles. The van der Waals surface area contributed by atoms with Gasteiger partial charge in [0.1, 0.15) is 5.75 Å². The Morgan fingerprint density at radius 1 is 1.30 bits per heavy atom. The van der Waals surface area contributed by atoms with Gasteiger partial charge >= 0.3 is 0 Å². The smallest absolute Gasteiger partial charge is 0.226 e. The van der Waals surface area contributed by atoms with E-state index in [0.717, 1.165) is 16.8 Å². The van der Waals surface area contributed by atoms with Crippen LogP contribution < -0.4 is 10.1 Å². The van der Waals surface area contributed by atoms with Crippen molar-refractivity contribution in [2.75, 3.05) is 12.4 Å². The molecule has 0 atom stereocenters. The zero-order chi connectivity index (χ0) is 16.7. The lowest BCUT2D eigenvalue weighted by Crippen LogP contribution is -2.01. The molecular formula is C16H16ClN5O. The minimum Gasteiger partial charge on any atom is -0.495 e. The van der Waals surface area contributed by atoms with E-state index in [1.807, 2.05) is 19.1 Å². The Labute approximate surface area is 139 Å². The Hall–Kier alpha value is -2.73. The van der Waals surface area contributed by atoms with E-state index >= 15 is 0 Å². The maximum absolute atomic E-state index is 6.02. The maximum atomic E-state index is 6.02. The predicted octanol–water partition coefficient (Wildman–Crippen LogP) is 3.81. The highest BCUT2D eigenvalue weighted by Crippen LogP contribution is 2.29. The van der Waals surface area contributed by atoms with Crippen LogP contribution in [0.25, 0.3) is 11.1 Å². The Kier molecular flexibility index (Phi) is 5.82. The van der Waals surface area contributed by atoms with Crippen molar-refractivity contribution in [1.82, 2.24) is 9.97 Å². The van der Waals surface area contributed by atoms with Gasteiger partial charge in [-0.2, -0.15) is 10.2 Å². The summed E-state index contributed by atoms with van der Waals surface area (Å²) in [5.74, 6) is 1.10. The van der Waals surface area contributed by atoms with E-state index in [9.17, 15) is 0 Å². The molecular weight excluding hydrogens is 314 g/mol. The van der Waals surface area contributed by atoms with Crippen molar-refractivity contribution < 1.29 is 4.74 Å². The van der Waals surface area contributed by atoms with E-state index < -0.39 is 0 Å². The van der Waals surface area contributed by atoms with Crippen LogP contribution in [0.4, 0.5) is 5.95 Å². The average molecular weight is 330 g/mol. The molecule has 0 aliphatic rings. The quantitative estimate of drug-likeness (QED) is 0.646. The SMILES string of the molecule is C=N/N=C\C=C(/C)Nc1ncc(-c2ccc(Cl)c(OC)c2)cn1. The van der Waals surface area contributed by atoms with Crippen LogP contribution in [0, 0.1) is 0 Å². The van der Waals surface area contributed by atoms with E-state index in [4.69, 9.17) is 16.3 Å². The predicted molar refractivity (Wildman–Crippen MR) is 94.5 cm³/mol. The van der Waals surface area contributed by atoms with Gasteiger partial charge in [0.2, 0.25) is 5.95 Å². The number of methoxy groups -OCH3 is 1. The first kappa shape index (κ1) is 16.6. The first-order valence-corrected chi connectivity index (χ1v) is 7.10. The Bertz CT molecular complexity index is 741. The third-order valence-electron chi connectivity index (χ3n) is 2.92. The van der Waals surface area contributed by atoms with Crippen LogP contribution >= 0.6 is 11.6 Å². The Morgan fingerprint density at radius 2 is 2.04 bits per heavy atom. The van der Waals surface area contributed by atoms with E-state index in [1.165, 1.54) is 6.21 Å². The number of allylic oxidation sites excluding steroid dienone is 2. The molecule has 1 aromatic heterocycles. The largest absolute Gasteiger partial charge is 0.495 e. The van der Waals surface area contributed by atoms with Gasteiger partial charge in [0.05, 0.1) is 18.3 Å². The van der Waals surface area contributed by atoms with Gasteiger partial charge < -0.3 is 10.1 Å². The zero-order valence-electron chi connectivity index (χ0n) is 12.8. The summed E-state index contributed by atoms with van der Waals surface area (Å²) in [6.45, 7) is 5.13. The van der Waals surface area contributed by atoms with Crippen molar-refractivity contribution in [3.63, 3.8) is 0 Å². The summed E-state index contributed by atoms with van der Waals surface area (Å²) >= 11 is 6.02. The molecule has 0 aliphatic carbocycles. The summed E-state index contributed by atoms with van der Waals surface area (Å²) in [5, 5.41) is 10.6. The highest BCUT2D eigenvalue weighted by atomic mass is 35.5. The van der Waals surface area contributed by atoms with Gasteiger partial charge in [-0.3, -0.25) is 0 Å². The number of aromatic nitrogens is 2. The van der Waals surface area contributed by atoms with Gasteiger partial charge in [0, 0.05) is 30.4 Å². The molecule has 0 amide bonds. The Balaban J connectivity index is 2.15. The van der Waals surface area contributed by atoms with Crippen molar-refractivity contribution >= 4 is 30.5 Å². The monoisotopic (exact) mass is 329 g/mol. The van der Waals surface area contributed by atoms with Crippen molar-refractivity contribution in [2.24, 2.45) is 10.2 Å². The fraction of sp³-hybridized carbons (Fsp3) is 0.125. The third kappa shape index (κ3) is 4.62. The molecule has 0 radical (unpaired) electrons. The minimum atomic E-state index is 0.489. The normalized spacial score (nSPS) is 11.5. The van der Waals surface area contributed by atoms with Gasteiger partial charge in [0.15, 0.2) is 0 Å². The third-order valence-corrected chi connectivity index (χ3v) is 3.23. The first-order chi connectivity index (χ1) is 11.1. The lowest BCUT2D eigenvalue weighted by atomic mass is 10.1. The second-order valence-corrected chi connectivity index (χ2v) is 4.93. The molecule has 0 unspecified atom stereocenters. The van der Waals surface area contributed by atoms with E-state index in [2.05, 4.69) is 32.2 Å². The number of nitrogens with one attached hydrogen (secondary N) is 1. The first-order valence-electron chi connectivity index (χ1n) is 6.73. The molecule has 1 N–H and O–H groups in total. The van der Waals surface area contributed by atoms with Crippen molar-refractivity contribution in [2.45, 2.75) is 6.92 Å². The molecule has 1 aromatic carbocycles. The number of nitrogens with zero attached hydrogens (tertiary/aromatic N) is 4. The summed E-state index contributed by atoms with van der Waals surface area (Å²) in [6.07, 6.45) is 6.73. The van der Waals surface area contributed by atoms with Crippen molar-refractivity contribution in [1.29, 1.82) is 0 Å². The van der Waals surface area contributed by atoms with Gasteiger partial charge in [-0.05, 0) is 30.7 Å². The van der Waals surface area contributed by atoms with Gasteiger partial charge in [-0.25, -0.2) is 9.97 Å². The van der Waals surface area contributed by atoms with Gasteiger partial charge in [-0.1, -0.05) is 17.7 Å².